The van der Waals surface area contributed by atoms with Crippen molar-refractivity contribution in [1.82, 2.24) is 10.3 Å². The predicted octanol–water partition coefficient (Wildman–Crippen LogP) is 3.97. The zero-order chi connectivity index (χ0) is 15.4. The van der Waals surface area contributed by atoms with Crippen molar-refractivity contribution >= 4 is 15.9 Å². The van der Waals surface area contributed by atoms with E-state index in [1.807, 2.05) is 19.3 Å². The molecule has 3 nitrogen and oxygen atoms in total. The molecule has 0 fully saturated rings. The highest BCUT2D eigenvalue weighted by molar-refractivity contribution is 9.10. The topological polar surface area (TPSA) is 34.1 Å². The van der Waals surface area contributed by atoms with Gasteiger partial charge in [-0.1, -0.05) is 12.1 Å². The van der Waals surface area contributed by atoms with E-state index in [4.69, 9.17) is 4.74 Å². The van der Waals surface area contributed by atoms with Gasteiger partial charge in [0.15, 0.2) is 0 Å². The van der Waals surface area contributed by atoms with E-state index in [0.717, 1.165) is 22.3 Å². The first-order valence-corrected chi connectivity index (χ1v) is 7.77. The van der Waals surface area contributed by atoms with E-state index in [1.54, 1.807) is 7.11 Å². The Morgan fingerprint density at radius 3 is 2.62 bits per heavy atom. The molecule has 0 spiro atoms. The molecule has 0 aliphatic rings. The van der Waals surface area contributed by atoms with Crippen molar-refractivity contribution in [1.29, 1.82) is 0 Å². The summed E-state index contributed by atoms with van der Waals surface area (Å²) in [5.74, 6) is 0.851. The summed E-state index contributed by atoms with van der Waals surface area (Å²) in [6.45, 7) is 4.18. The van der Waals surface area contributed by atoms with Crippen LogP contribution in [-0.4, -0.2) is 19.1 Å². The molecule has 21 heavy (non-hydrogen) atoms. The molecule has 2 aromatic rings. The van der Waals surface area contributed by atoms with Gasteiger partial charge < -0.3 is 10.1 Å². The zero-order valence-corrected chi connectivity index (χ0v) is 14.5. The largest absolute Gasteiger partial charge is 0.496 e. The summed E-state index contributed by atoms with van der Waals surface area (Å²) >= 11 is 3.54. The summed E-state index contributed by atoms with van der Waals surface area (Å²) in [5, 5.41) is 3.37. The van der Waals surface area contributed by atoms with Crippen molar-refractivity contribution in [3.63, 3.8) is 0 Å². The van der Waals surface area contributed by atoms with E-state index in [0.29, 0.717) is 0 Å². The molecule has 0 amide bonds. The fourth-order valence-electron chi connectivity index (χ4n) is 2.50. The Bertz CT molecular complexity index is 628. The number of halogens is 1. The maximum Gasteiger partial charge on any atom is 0.133 e. The van der Waals surface area contributed by atoms with Crippen LogP contribution >= 0.6 is 15.9 Å². The van der Waals surface area contributed by atoms with Gasteiger partial charge in [0.2, 0.25) is 0 Å². The Morgan fingerprint density at radius 1 is 1.29 bits per heavy atom. The van der Waals surface area contributed by atoms with Crippen LogP contribution in [-0.2, 0) is 6.42 Å². The van der Waals surface area contributed by atoms with E-state index in [9.17, 15) is 0 Å². The van der Waals surface area contributed by atoms with Gasteiger partial charge in [-0.25, -0.2) is 0 Å². The lowest BCUT2D eigenvalue weighted by Gasteiger charge is -2.18. The Balaban J connectivity index is 2.24. The molecule has 0 aliphatic heterocycles. The highest BCUT2D eigenvalue weighted by atomic mass is 79.9. The number of hydrogen-bond acceptors (Lipinski definition) is 3. The van der Waals surface area contributed by atoms with Crippen LogP contribution in [0.25, 0.3) is 0 Å². The predicted molar refractivity (Wildman–Crippen MR) is 89.9 cm³/mol. The van der Waals surface area contributed by atoms with Gasteiger partial charge in [0.05, 0.1) is 23.3 Å². The molecule has 0 radical (unpaired) electrons. The molecule has 2 rings (SSSR count). The van der Waals surface area contributed by atoms with Crippen molar-refractivity contribution in [2.45, 2.75) is 26.3 Å². The third kappa shape index (κ3) is 3.83. The standard InChI is InChI=1S/C17H21BrN2O/c1-11-7-12(2)17(20-10-11)15(19-3)9-13-5-6-16(21-4)14(18)8-13/h5-8,10,15,19H,9H2,1-4H3. The third-order valence-electron chi connectivity index (χ3n) is 3.59. The fraction of sp³-hybridized carbons (Fsp3) is 0.353. The smallest absolute Gasteiger partial charge is 0.133 e. The van der Waals surface area contributed by atoms with Crippen LogP contribution in [0.1, 0.15) is 28.4 Å². The van der Waals surface area contributed by atoms with Crippen LogP contribution in [0.3, 0.4) is 0 Å². The van der Waals surface area contributed by atoms with Crippen LogP contribution in [0.2, 0.25) is 0 Å². The van der Waals surface area contributed by atoms with Gasteiger partial charge in [0.1, 0.15) is 5.75 Å². The second kappa shape index (κ2) is 7.05. The van der Waals surface area contributed by atoms with Crippen LogP contribution in [0.4, 0.5) is 0 Å². The van der Waals surface area contributed by atoms with E-state index in [-0.39, 0.29) is 6.04 Å². The molecule has 1 aromatic carbocycles. The van der Waals surface area contributed by atoms with Gasteiger partial charge in [-0.2, -0.15) is 0 Å². The lowest BCUT2D eigenvalue weighted by molar-refractivity contribution is 0.412. The summed E-state index contributed by atoms with van der Waals surface area (Å²) < 4.78 is 6.25. The normalized spacial score (nSPS) is 12.2. The minimum atomic E-state index is 0.200. The Morgan fingerprint density at radius 2 is 2.05 bits per heavy atom. The van der Waals surface area contributed by atoms with Crippen molar-refractivity contribution in [3.05, 3.63) is 57.3 Å². The van der Waals surface area contributed by atoms with E-state index in [1.165, 1.54) is 16.7 Å². The van der Waals surface area contributed by atoms with Crippen molar-refractivity contribution in [3.8, 4) is 5.75 Å². The van der Waals surface area contributed by atoms with Gasteiger partial charge >= 0.3 is 0 Å². The maximum absolute atomic E-state index is 5.27. The first kappa shape index (κ1) is 16.0. The lowest BCUT2D eigenvalue weighted by Crippen LogP contribution is -2.21. The summed E-state index contributed by atoms with van der Waals surface area (Å²) in [6, 6.07) is 8.56. The molecule has 1 heterocycles. The number of likely N-dealkylation sites (N-methyl/N-ethyl adjacent to an activating group) is 1. The second-order valence-electron chi connectivity index (χ2n) is 5.23. The van der Waals surface area contributed by atoms with Crippen LogP contribution in [0.15, 0.2) is 34.9 Å². The second-order valence-corrected chi connectivity index (χ2v) is 6.08. The molecule has 112 valence electrons. The summed E-state index contributed by atoms with van der Waals surface area (Å²) in [4.78, 5) is 4.60. The van der Waals surface area contributed by atoms with E-state index >= 15 is 0 Å². The number of rotatable bonds is 5. The first-order valence-electron chi connectivity index (χ1n) is 6.98. The highest BCUT2D eigenvalue weighted by Crippen LogP contribution is 2.28. The average molecular weight is 349 g/mol. The number of benzene rings is 1. The number of aryl methyl sites for hydroxylation is 2. The molecule has 1 atom stereocenters. The molecule has 0 saturated carbocycles. The van der Waals surface area contributed by atoms with Crippen LogP contribution < -0.4 is 10.1 Å². The quantitative estimate of drug-likeness (QED) is 0.887. The monoisotopic (exact) mass is 348 g/mol. The first-order chi connectivity index (χ1) is 10.0. The molecule has 0 saturated heterocycles. The van der Waals surface area contributed by atoms with Gasteiger partial charge in [0.25, 0.3) is 0 Å². The Hall–Kier alpha value is -1.39. The molecule has 0 aliphatic carbocycles. The zero-order valence-electron chi connectivity index (χ0n) is 12.9. The van der Waals surface area contributed by atoms with Gasteiger partial charge in [-0.15, -0.1) is 0 Å². The third-order valence-corrected chi connectivity index (χ3v) is 4.21. The number of nitrogens with one attached hydrogen (secondary N) is 1. The number of aromatic nitrogens is 1. The number of pyridine rings is 1. The molecular formula is C17H21BrN2O. The molecular weight excluding hydrogens is 328 g/mol. The van der Waals surface area contributed by atoms with Crippen LogP contribution in [0, 0.1) is 13.8 Å². The number of hydrogen-bond donors (Lipinski definition) is 1. The lowest BCUT2D eigenvalue weighted by atomic mass is 9.99. The van der Waals surface area contributed by atoms with E-state index < -0.39 is 0 Å². The maximum atomic E-state index is 5.27. The fourth-order valence-corrected chi connectivity index (χ4v) is 3.09. The van der Waals surface area contributed by atoms with Crippen LogP contribution in [0.5, 0.6) is 5.75 Å². The van der Waals surface area contributed by atoms with E-state index in [2.05, 4.69) is 58.3 Å². The Labute approximate surface area is 134 Å². The minimum absolute atomic E-state index is 0.200. The number of methoxy groups -OCH3 is 1. The molecule has 1 N–H and O–H groups in total. The SMILES string of the molecule is CNC(Cc1ccc(OC)c(Br)c1)c1ncc(C)cc1C. The Kier molecular flexibility index (Phi) is 5.37. The number of nitrogens with zero attached hydrogens (tertiary/aromatic N) is 1. The summed E-state index contributed by atoms with van der Waals surface area (Å²) in [7, 11) is 3.65. The van der Waals surface area contributed by atoms with Crippen molar-refractivity contribution in [2.24, 2.45) is 0 Å². The minimum Gasteiger partial charge on any atom is -0.496 e. The number of ether oxygens (including phenoxy) is 1. The van der Waals surface area contributed by atoms with Gasteiger partial charge in [0, 0.05) is 6.20 Å². The summed E-state index contributed by atoms with van der Waals surface area (Å²) in [5.41, 5.74) is 4.76. The van der Waals surface area contributed by atoms with Gasteiger partial charge in [-0.3, -0.25) is 4.98 Å². The molecule has 1 aromatic heterocycles. The molecule has 0 bridgehead atoms. The average Bonchev–Trinajstić information content (AvgIpc) is 2.45. The molecule has 1 unspecified atom stereocenters. The summed E-state index contributed by atoms with van der Waals surface area (Å²) in [6.07, 6.45) is 2.81. The van der Waals surface area contributed by atoms with Crippen molar-refractivity contribution in [2.75, 3.05) is 14.2 Å². The van der Waals surface area contributed by atoms with Gasteiger partial charge in [-0.05, 0) is 72.1 Å². The molecule has 4 heteroatoms. The highest BCUT2D eigenvalue weighted by Gasteiger charge is 2.15. The van der Waals surface area contributed by atoms with Crippen molar-refractivity contribution < 1.29 is 4.74 Å².